The third-order valence-electron chi connectivity index (χ3n) is 4.75. The number of hydrogen-bond acceptors (Lipinski definition) is 1. The van der Waals surface area contributed by atoms with Crippen LogP contribution < -0.4 is 0 Å². The Balaban J connectivity index is 2.40. The highest BCUT2D eigenvalue weighted by atomic mass is 28.4. The monoisotopic (exact) mass is 269 g/mol. The lowest BCUT2D eigenvalue weighted by molar-refractivity contribution is 0.286. The summed E-state index contributed by atoms with van der Waals surface area (Å²) >= 11 is 0. The number of hydrogen-bond donors (Lipinski definition) is 0. The maximum Gasteiger partial charge on any atom is 0.192 e. The molecule has 18 heavy (non-hydrogen) atoms. The number of rotatable bonds is 3. The fraction of sp³-hybridized carbons (Fsp3) is 0.938. The molecule has 0 unspecified atom stereocenters. The van der Waals surface area contributed by atoms with Gasteiger partial charge in [0.25, 0.3) is 0 Å². The van der Waals surface area contributed by atoms with Gasteiger partial charge in [0.1, 0.15) is 0 Å². The molecule has 1 fully saturated rings. The molecule has 107 valence electrons. The summed E-state index contributed by atoms with van der Waals surface area (Å²) in [5.74, 6) is 1.68. The second-order valence-electron chi connectivity index (χ2n) is 7.42. The van der Waals surface area contributed by atoms with Crippen molar-refractivity contribution in [3.8, 4) is 0 Å². The van der Waals surface area contributed by atoms with Crippen LogP contribution in [0.5, 0.6) is 0 Å². The van der Waals surface area contributed by atoms with Crippen LogP contribution in [0.2, 0.25) is 18.1 Å². The minimum Gasteiger partial charge on any atom is -0.416 e. The molecule has 1 radical (unpaired) electrons. The first-order chi connectivity index (χ1) is 8.33. The summed E-state index contributed by atoms with van der Waals surface area (Å²) in [7, 11) is -1.55. The van der Waals surface area contributed by atoms with Gasteiger partial charge in [0.05, 0.1) is 0 Å². The average Bonchev–Trinajstić information content (AvgIpc) is 2.38. The Kier molecular flexibility index (Phi) is 6.39. The molecule has 1 nitrogen and oxygen atoms in total. The van der Waals surface area contributed by atoms with Crippen molar-refractivity contribution < 1.29 is 4.43 Å². The van der Waals surface area contributed by atoms with Crippen LogP contribution in [0.3, 0.4) is 0 Å². The molecule has 2 heteroatoms. The molecular formula is C16H33OSi. The van der Waals surface area contributed by atoms with Gasteiger partial charge >= 0.3 is 0 Å². The van der Waals surface area contributed by atoms with E-state index in [-0.39, 0.29) is 0 Å². The van der Waals surface area contributed by atoms with E-state index in [1.165, 1.54) is 51.4 Å². The van der Waals surface area contributed by atoms with Crippen LogP contribution in [0.1, 0.15) is 72.1 Å². The summed E-state index contributed by atoms with van der Waals surface area (Å²) in [5, 5.41) is 0.339. The van der Waals surface area contributed by atoms with E-state index in [1.807, 2.05) is 0 Å². The van der Waals surface area contributed by atoms with Gasteiger partial charge in [-0.05, 0) is 31.0 Å². The molecule has 1 aliphatic rings. The van der Waals surface area contributed by atoms with Crippen LogP contribution in [0.25, 0.3) is 0 Å². The van der Waals surface area contributed by atoms with Gasteiger partial charge in [0.15, 0.2) is 8.32 Å². The minimum atomic E-state index is -1.55. The molecule has 0 amide bonds. The molecule has 0 heterocycles. The van der Waals surface area contributed by atoms with E-state index in [1.54, 1.807) is 5.92 Å². The first kappa shape index (κ1) is 16.2. The summed E-state index contributed by atoms with van der Waals surface area (Å²) in [5.41, 5.74) is 0. The maximum atomic E-state index is 6.37. The fourth-order valence-electron chi connectivity index (χ4n) is 2.23. The Morgan fingerprint density at radius 2 is 1.33 bits per heavy atom. The molecule has 0 aromatic carbocycles. The first-order valence-electron chi connectivity index (χ1n) is 7.80. The fourth-order valence-corrected chi connectivity index (χ4v) is 3.22. The smallest absolute Gasteiger partial charge is 0.192 e. The van der Waals surface area contributed by atoms with Crippen molar-refractivity contribution in [3.05, 3.63) is 5.92 Å². The minimum absolute atomic E-state index is 0.339. The van der Waals surface area contributed by atoms with Crippen LogP contribution in [0.15, 0.2) is 0 Å². The van der Waals surface area contributed by atoms with Gasteiger partial charge in [-0.15, -0.1) is 0 Å². The Bertz CT molecular complexity index is 220. The van der Waals surface area contributed by atoms with Gasteiger partial charge in [-0.25, -0.2) is 0 Å². The van der Waals surface area contributed by atoms with Gasteiger partial charge in [-0.1, -0.05) is 59.3 Å². The zero-order valence-corrected chi connectivity index (χ0v) is 14.3. The molecule has 0 atom stereocenters. The third kappa shape index (κ3) is 5.44. The van der Waals surface area contributed by atoms with Crippen LogP contribution in [0, 0.1) is 5.92 Å². The predicted octanol–water partition coefficient (Wildman–Crippen LogP) is 5.72. The van der Waals surface area contributed by atoms with E-state index in [0.717, 1.165) is 6.61 Å². The molecule has 0 spiro atoms. The molecule has 0 aromatic rings. The maximum absolute atomic E-state index is 6.37. The van der Waals surface area contributed by atoms with Crippen LogP contribution >= 0.6 is 0 Å². The van der Waals surface area contributed by atoms with E-state index in [2.05, 4.69) is 33.9 Å². The largest absolute Gasteiger partial charge is 0.416 e. The van der Waals surface area contributed by atoms with Crippen molar-refractivity contribution in [1.82, 2.24) is 0 Å². The predicted molar refractivity (Wildman–Crippen MR) is 83.3 cm³/mol. The van der Waals surface area contributed by atoms with Crippen LogP contribution in [0.4, 0.5) is 0 Å². The van der Waals surface area contributed by atoms with E-state index >= 15 is 0 Å². The molecule has 1 aliphatic carbocycles. The highest BCUT2D eigenvalue weighted by molar-refractivity contribution is 6.74. The highest BCUT2D eigenvalue weighted by Crippen LogP contribution is 2.37. The second kappa shape index (κ2) is 7.09. The van der Waals surface area contributed by atoms with Crippen LogP contribution in [-0.4, -0.2) is 14.9 Å². The van der Waals surface area contributed by atoms with Crippen molar-refractivity contribution in [2.45, 2.75) is 90.3 Å². The quantitative estimate of drug-likeness (QED) is 0.596. The molecule has 1 rings (SSSR count). The SMILES string of the molecule is CC(C)(C)[Si](C)(C)OC[C]1CCCCCCCC1. The Morgan fingerprint density at radius 1 is 0.889 bits per heavy atom. The van der Waals surface area contributed by atoms with Crippen molar-refractivity contribution in [2.24, 2.45) is 0 Å². The summed E-state index contributed by atoms with van der Waals surface area (Å²) in [6, 6.07) is 0. The van der Waals surface area contributed by atoms with Crippen molar-refractivity contribution >= 4 is 8.32 Å². The standard InChI is InChI=1S/C16H33OSi/c1-16(2,3)18(4,5)17-14-15-12-10-8-6-7-9-11-13-15/h6-14H2,1-5H3. The van der Waals surface area contributed by atoms with Gasteiger partial charge in [0, 0.05) is 12.5 Å². The summed E-state index contributed by atoms with van der Waals surface area (Å²) in [4.78, 5) is 0. The van der Waals surface area contributed by atoms with Gasteiger partial charge in [0.2, 0.25) is 0 Å². The normalized spacial score (nSPS) is 21.2. The lowest BCUT2D eigenvalue weighted by atomic mass is 9.98. The zero-order chi connectivity index (χ0) is 13.6. The highest BCUT2D eigenvalue weighted by Gasteiger charge is 2.37. The molecule has 0 bridgehead atoms. The first-order valence-corrected chi connectivity index (χ1v) is 10.7. The molecule has 0 aromatic heterocycles. The van der Waals surface area contributed by atoms with E-state index in [4.69, 9.17) is 4.43 Å². The summed E-state index contributed by atoms with van der Waals surface area (Å²) < 4.78 is 6.37. The third-order valence-corrected chi connectivity index (χ3v) is 9.23. The topological polar surface area (TPSA) is 9.23 Å². The lowest BCUT2D eigenvalue weighted by Gasteiger charge is -2.37. The zero-order valence-electron chi connectivity index (χ0n) is 13.3. The molecule has 0 N–H and O–H groups in total. The lowest BCUT2D eigenvalue weighted by Crippen LogP contribution is -2.41. The van der Waals surface area contributed by atoms with Crippen molar-refractivity contribution in [3.63, 3.8) is 0 Å². The van der Waals surface area contributed by atoms with E-state index < -0.39 is 8.32 Å². The van der Waals surface area contributed by atoms with E-state index in [9.17, 15) is 0 Å². The average molecular weight is 270 g/mol. The van der Waals surface area contributed by atoms with E-state index in [0.29, 0.717) is 5.04 Å². The van der Waals surface area contributed by atoms with Crippen molar-refractivity contribution in [2.75, 3.05) is 6.61 Å². The van der Waals surface area contributed by atoms with Gasteiger partial charge in [-0.3, -0.25) is 0 Å². The molecular weight excluding hydrogens is 236 g/mol. The Hall–Kier alpha value is 0.177. The van der Waals surface area contributed by atoms with Crippen LogP contribution in [-0.2, 0) is 4.43 Å². The molecule has 0 aliphatic heterocycles. The van der Waals surface area contributed by atoms with Gasteiger partial charge in [-0.2, -0.15) is 0 Å². The summed E-state index contributed by atoms with van der Waals surface area (Å²) in [6.45, 7) is 12.6. The molecule has 1 saturated carbocycles. The van der Waals surface area contributed by atoms with Crippen molar-refractivity contribution in [1.29, 1.82) is 0 Å². The molecule has 0 saturated heterocycles. The summed E-state index contributed by atoms with van der Waals surface area (Å²) in [6.07, 6.45) is 11.1. The second-order valence-corrected chi connectivity index (χ2v) is 12.2. The Labute approximate surface area is 116 Å². The van der Waals surface area contributed by atoms with Gasteiger partial charge < -0.3 is 4.43 Å². The Morgan fingerprint density at radius 3 is 1.78 bits per heavy atom.